The van der Waals surface area contributed by atoms with Gasteiger partial charge in [-0.1, -0.05) is 30.3 Å². The smallest absolute Gasteiger partial charge is 0.243 e. The highest BCUT2D eigenvalue weighted by Crippen LogP contribution is 2.28. The molecule has 1 amide bonds. The molecular weight excluding hydrogens is 386 g/mol. The first-order valence-electron chi connectivity index (χ1n) is 10.1. The Morgan fingerprint density at radius 1 is 0.931 bits per heavy atom. The molecule has 0 aromatic heterocycles. The molecule has 2 saturated heterocycles. The molecule has 4 rings (SSSR count). The van der Waals surface area contributed by atoms with E-state index >= 15 is 0 Å². The Kier molecular flexibility index (Phi) is 5.72. The van der Waals surface area contributed by atoms with Crippen molar-refractivity contribution in [3.05, 3.63) is 59.7 Å². The number of anilines is 1. The van der Waals surface area contributed by atoms with Crippen molar-refractivity contribution in [1.29, 1.82) is 0 Å². The number of carbonyl (C=O) groups excluding carboxylic acids is 1. The molecule has 0 atom stereocenters. The van der Waals surface area contributed by atoms with Crippen LogP contribution >= 0.6 is 0 Å². The van der Waals surface area contributed by atoms with Gasteiger partial charge in [-0.3, -0.25) is 9.69 Å². The predicted molar refractivity (Wildman–Crippen MR) is 113 cm³/mol. The topological polar surface area (TPSA) is 60.9 Å². The molecular formula is C22H27N3O3S. The maximum atomic E-state index is 13.2. The lowest BCUT2D eigenvalue weighted by Crippen LogP contribution is -2.48. The average Bonchev–Trinajstić information content (AvgIpc) is 3.15. The molecule has 2 aromatic rings. The highest BCUT2D eigenvalue weighted by atomic mass is 32.2. The Morgan fingerprint density at radius 3 is 2.28 bits per heavy atom. The minimum Gasteiger partial charge on any atom is -0.312 e. The molecule has 0 unspecified atom stereocenters. The molecule has 0 radical (unpaired) electrons. The molecule has 0 aliphatic carbocycles. The van der Waals surface area contributed by atoms with Crippen LogP contribution in [-0.2, 0) is 21.4 Å². The number of sulfonamides is 1. The lowest BCUT2D eigenvalue weighted by molar-refractivity contribution is -0.117. The van der Waals surface area contributed by atoms with Crippen molar-refractivity contribution in [2.45, 2.75) is 31.2 Å². The summed E-state index contributed by atoms with van der Waals surface area (Å²) in [6, 6.07) is 15.5. The number of hydrogen-bond acceptors (Lipinski definition) is 4. The monoisotopic (exact) mass is 413 g/mol. The van der Waals surface area contributed by atoms with E-state index in [0.29, 0.717) is 49.6 Å². The normalized spacial score (nSPS) is 19.1. The van der Waals surface area contributed by atoms with Gasteiger partial charge < -0.3 is 4.90 Å². The molecule has 2 aromatic carbocycles. The zero-order chi connectivity index (χ0) is 20.4. The maximum Gasteiger partial charge on any atom is 0.243 e. The third kappa shape index (κ3) is 4.22. The van der Waals surface area contributed by atoms with Crippen LogP contribution in [0.15, 0.2) is 53.4 Å². The van der Waals surface area contributed by atoms with E-state index in [4.69, 9.17) is 0 Å². The van der Waals surface area contributed by atoms with Gasteiger partial charge in [-0.15, -0.1) is 0 Å². The fourth-order valence-electron chi connectivity index (χ4n) is 4.12. The molecule has 0 saturated carbocycles. The van der Waals surface area contributed by atoms with Crippen molar-refractivity contribution >= 4 is 21.6 Å². The Labute approximate surface area is 172 Å². The number of carbonyl (C=O) groups is 1. The van der Waals surface area contributed by atoms with Crippen LogP contribution < -0.4 is 4.90 Å². The zero-order valence-corrected chi connectivity index (χ0v) is 17.6. The van der Waals surface area contributed by atoms with Gasteiger partial charge in [0.15, 0.2) is 0 Å². The van der Waals surface area contributed by atoms with Gasteiger partial charge >= 0.3 is 0 Å². The van der Waals surface area contributed by atoms with E-state index in [0.717, 1.165) is 18.7 Å². The van der Waals surface area contributed by atoms with E-state index in [1.165, 1.54) is 5.56 Å². The van der Waals surface area contributed by atoms with Crippen LogP contribution in [0.3, 0.4) is 0 Å². The molecule has 2 aliphatic rings. The van der Waals surface area contributed by atoms with Crippen LogP contribution in [0.5, 0.6) is 0 Å². The first-order chi connectivity index (χ1) is 13.9. The van der Waals surface area contributed by atoms with Gasteiger partial charge in [-0.05, 0) is 42.7 Å². The Bertz CT molecular complexity index is 984. The van der Waals surface area contributed by atoms with Crippen LogP contribution in [-0.4, -0.2) is 56.3 Å². The van der Waals surface area contributed by atoms with Crippen molar-refractivity contribution < 1.29 is 13.2 Å². The molecule has 0 N–H and O–H groups in total. The van der Waals surface area contributed by atoms with E-state index in [9.17, 15) is 13.2 Å². The SMILES string of the molecule is Cc1cc(N2CCCC2=O)ccc1S(=O)(=O)N1CCN(Cc2ccccc2)CC1. The number of piperazine rings is 1. The van der Waals surface area contributed by atoms with Gasteiger partial charge in [-0.2, -0.15) is 4.31 Å². The summed E-state index contributed by atoms with van der Waals surface area (Å²) in [6.45, 7) is 5.76. The second-order valence-corrected chi connectivity index (χ2v) is 9.67. The van der Waals surface area contributed by atoms with Gasteiger partial charge in [0.05, 0.1) is 4.90 Å². The number of amides is 1. The molecule has 2 aliphatic heterocycles. The van der Waals surface area contributed by atoms with Crippen LogP contribution in [0, 0.1) is 6.92 Å². The third-order valence-electron chi connectivity index (χ3n) is 5.74. The van der Waals surface area contributed by atoms with E-state index in [-0.39, 0.29) is 5.91 Å². The van der Waals surface area contributed by atoms with E-state index in [2.05, 4.69) is 17.0 Å². The summed E-state index contributed by atoms with van der Waals surface area (Å²) in [4.78, 5) is 16.3. The van der Waals surface area contributed by atoms with E-state index < -0.39 is 10.0 Å². The van der Waals surface area contributed by atoms with Gasteiger partial charge in [0.1, 0.15) is 0 Å². The fraction of sp³-hybridized carbons (Fsp3) is 0.409. The Morgan fingerprint density at radius 2 is 1.66 bits per heavy atom. The Hall–Kier alpha value is -2.22. The lowest BCUT2D eigenvalue weighted by Gasteiger charge is -2.34. The number of benzene rings is 2. The van der Waals surface area contributed by atoms with Gasteiger partial charge in [0, 0.05) is 51.4 Å². The average molecular weight is 414 g/mol. The molecule has 154 valence electrons. The third-order valence-corrected chi connectivity index (χ3v) is 7.80. The van der Waals surface area contributed by atoms with Crippen molar-refractivity contribution in [1.82, 2.24) is 9.21 Å². The van der Waals surface area contributed by atoms with Crippen molar-refractivity contribution in [3.63, 3.8) is 0 Å². The summed E-state index contributed by atoms with van der Waals surface area (Å²) in [6.07, 6.45) is 1.41. The number of rotatable bonds is 5. The van der Waals surface area contributed by atoms with Gasteiger partial charge in [0.2, 0.25) is 15.9 Å². The summed E-state index contributed by atoms with van der Waals surface area (Å²) in [5.41, 5.74) is 2.72. The van der Waals surface area contributed by atoms with E-state index in [1.54, 1.807) is 21.3 Å². The highest BCUT2D eigenvalue weighted by molar-refractivity contribution is 7.89. The molecule has 0 spiro atoms. The molecule has 6 nitrogen and oxygen atoms in total. The van der Waals surface area contributed by atoms with Crippen LogP contribution in [0.2, 0.25) is 0 Å². The summed E-state index contributed by atoms with van der Waals surface area (Å²) >= 11 is 0. The van der Waals surface area contributed by atoms with Gasteiger partial charge in [0.25, 0.3) is 0 Å². The number of aryl methyl sites for hydroxylation is 1. The Balaban J connectivity index is 1.44. The summed E-state index contributed by atoms with van der Waals surface area (Å²) in [7, 11) is -3.54. The summed E-state index contributed by atoms with van der Waals surface area (Å²) < 4.78 is 28.0. The van der Waals surface area contributed by atoms with Crippen molar-refractivity contribution in [2.24, 2.45) is 0 Å². The minimum absolute atomic E-state index is 0.106. The first-order valence-corrected chi connectivity index (χ1v) is 11.6. The molecule has 0 bridgehead atoms. The lowest BCUT2D eigenvalue weighted by atomic mass is 10.2. The molecule has 2 heterocycles. The van der Waals surface area contributed by atoms with Crippen molar-refractivity contribution in [3.8, 4) is 0 Å². The predicted octanol–water partition coefficient (Wildman–Crippen LogP) is 2.63. The standard InChI is InChI=1S/C22H27N3O3S/c1-18-16-20(25-11-5-8-22(25)26)9-10-21(18)29(27,28)24-14-12-23(13-15-24)17-19-6-3-2-4-7-19/h2-4,6-7,9-10,16H,5,8,11-15,17H2,1H3. The van der Waals surface area contributed by atoms with Gasteiger partial charge in [-0.25, -0.2) is 8.42 Å². The van der Waals surface area contributed by atoms with Crippen LogP contribution in [0.25, 0.3) is 0 Å². The molecule has 2 fully saturated rings. The maximum absolute atomic E-state index is 13.2. The van der Waals surface area contributed by atoms with Crippen LogP contribution in [0.4, 0.5) is 5.69 Å². The van der Waals surface area contributed by atoms with E-state index in [1.807, 2.05) is 31.2 Å². The van der Waals surface area contributed by atoms with Crippen LogP contribution in [0.1, 0.15) is 24.0 Å². The minimum atomic E-state index is -3.54. The largest absolute Gasteiger partial charge is 0.312 e. The fourth-order valence-corrected chi connectivity index (χ4v) is 5.75. The molecule has 29 heavy (non-hydrogen) atoms. The molecule has 7 heteroatoms. The van der Waals surface area contributed by atoms with Crippen molar-refractivity contribution in [2.75, 3.05) is 37.6 Å². The second kappa shape index (κ2) is 8.26. The number of nitrogens with zero attached hydrogens (tertiary/aromatic N) is 3. The first kappa shape index (κ1) is 20.1. The summed E-state index contributed by atoms with van der Waals surface area (Å²) in [5.74, 6) is 0.106. The highest BCUT2D eigenvalue weighted by Gasteiger charge is 2.30. The number of hydrogen-bond donors (Lipinski definition) is 0. The second-order valence-electron chi connectivity index (χ2n) is 7.76. The quantitative estimate of drug-likeness (QED) is 0.756. The zero-order valence-electron chi connectivity index (χ0n) is 16.8. The summed E-state index contributed by atoms with van der Waals surface area (Å²) in [5, 5.41) is 0.